The van der Waals surface area contributed by atoms with Gasteiger partial charge in [-0.05, 0) is 71.8 Å². The summed E-state index contributed by atoms with van der Waals surface area (Å²) in [6, 6.07) is 73.1. The molecule has 11 aromatic rings. The molecule has 0 radical (unpaired) electrons. The van der Waals surface area contributed by atoms with Crippen molar-refractivity contribution in [1.82, 2.24) is 19.1 Å². The molecular formula is C52H34N4. The van der Waals surface area contributed by atoms with Crippen LogP contribution in [-0.4, -0.2) is 19.1 Å². The zero-order valence-electron chi connectivity index (χ0n) is 30.4. The molecule has 0 unspecified atom stereocenters. The Morgan fingerprint density at radius 1 is 0.268 bits per heavy atom. The van der Waals surface area contributed by atoms with Crippen molar-refractivity contribution in [3.8, 4) is 56.4 Å². The third-order valence-electron chi connectivity index (χ3n) is 10.9. The average molecular weight is 715 g/mol. The molecule has 0 fully saturated rings. The van der Waals surface area contributed by atoms with Crippen molar-refractivity contribution >= 4 is 43.6 Å². The third kappa shape index (κ3) is 5.31. The first-order valence-corrected chi connectivity index (χ1v) is 19.0. The number of hydrogen-bond acceptors (Lipinski definition) is 2. The summed E-state index contributed by atoms with van der Waals surface area (Å²) in [4.78, 5) is 10.5. The summed E-state index contributed by atoms with van der Waals surface area (Å²) in [6.45, 7) is 0. The quantitative estimate of drug-likeness (QED) is 0.172. The minimum atomic E-state index is 0.681. The van der Waals surface area contributed by atoms with Gasteiger partial charge in [0.15, 0.2) is 5.82 Å². The van der Waals surface area contributed by atoms with Crippen LogP contribution in [0.15, 0.2) is 206 Å². The minimum Gasteiger partial charge on any atom is -0.309 e. The fraction of sp³-hybridized carbons (Fsp3) is 0. The van der Waals surface area contributed by atoms with Crippen LogP contribution in [0.1, 0.15) is 0 Å². The lowest BCUT2D eigenvalue weighted by molar-refractivity contribution is 1.15. The van der Waals surface area contributed by atoms with Crippen LogP contribution in [-0.2, 0) is 0 Å². The van der Waals surface area contributed by atoms with Gasteiger partial charge in [0.05, 0.1) is 33.5 Å². The number of benzene rings is 8. The number of fused-ring (bicyclic) bond motifs is 6. The Bertz CT molecular complexity index is 3230. The van der Waals surface area contributed by atoms with Crippen LogP contribution in [0.4, 0.5) is 0 Å². The Hall–Kier alpha value is -7.56. The first-order valence-electron chi connectivity index (χ1n) is 19.0. The van der Waals surface area contributed by atoms with E-state index in [1.165, 1.54) is 38.1 Å². The largest absolute Gasteiger partial charge is 0.309 e. The fourth-order valence-corrected chi connectivity index (χ4v) is 8.32. The topological polar surface area (TPSA) is 35.6 Å². The maximum Gasteiger partial charge on any atom is 0.160 e. The molecule has 0 bridgehead atoms. The van der Waals surface area contributed by atoms with E-state index < -0.39 is 0 Å². The molecule has 4 heteroatoms. The van der Waals surface area contributed by atoms with Gasteiger partial charge in [0, 0.05) is 49.6 Å². The van der Waals surface area contributed by atoms with Gasteiger partial charge in [0.1, 0.15) is 0 Å². The molecule has 3 aromatic heterocycles. The van der Waals surface area contributed by atoms with Crippen LogP contribution in [0.2, 0.25) is 0 Å². The van der Waals surface area contributed by atoms with Crippen LogP contribution in [0.5, 0.6) is 0 Å². The average Bonchev–Trinajstić information content (AvgIpc) is 3.78. The highest BCUT2D eigenvalue weighted by Crippen LogP contribution is 2.40. The van der Waals surface area contributed by atoms with Gasteiger partial charge in [-0.1, -0.05) is 146 Å². The maximum atomic E-state index is 5.27. The molecular weight excluding hydrogens is 681 g/mol. The van der Waals surface area contributed by atoms with Crippen molar-refractivity contribution in [3.63, 3.8) is 0 Å². The fourth-order valence-electron chi connectivity index (χ4n) is 8.32. The van der Waals surface area contributed by atoms with E-state index in [0.29, 0.717) is 5.82 Å². The highest BCUT2D eigenvalue weighted by atomic mass is 15.0. The maximum absolute atomic E-state index is 5.27. The van der Waals surface area contributed by atoms with E-state index in [1.807, 2.05) is 6.07 Å². The first-order chi connectivity index (χ1) is 27.8. The molecule has 8 aromatic carbocycles. The van der Waals surface area contributed by atoms with E-state index in [0.717, 1.165) is 56.0 Å². The molecule has 0 atom stereocenters. The van der Waals surface area contributed by atoms with Crippen LogP contribution in [0.25, 0.3) is 100 Å². The smallest absolute Gasteiger partial charge is 0.160 e. The molecule has 262 valence electrons. The Labute approximate surface area is 324 Å². The van der Waals surface area contributed by atoms with Gasteiger partial charge < -0.3 is 9.13 Å². The zero-order chi connectivity index (χ0) is 37.0. The van der Waals surface area contributed by atoms with Crippen LogP contribution in [0.3, 0.4) is 0 Å². The van der Waals surface area contributed by atoms with Crippen molar-refractivity contribution in [1.29, 1.82) is 0 Å². The minimum absolute atomic E-state index is 0.681. The normalized spacial score (nSPS) is 11.6. The molecule has 0 saturated heterocycles. The standard InChI is InChI=1S/C52H34N4/c1-4-16-35(17-5-1)37-20-14-21-38(30-37)47-33-46(36-18-6-2-7-19-36)53-52(54-47)39-22-15-25-41(31-39)56-49-29-13-11-27-43(49)45-32-44-42-26-10-12-28-48(42)55(50(44)34-51(45)56)40-23-8-3-9-24-40/h1-34H. The molecule has 0 N–H and O–H groups in total. The Morgan fingerprint density at radius 3 is 1.43 bits per heavy atom. The molecule has 56 heavy (non-hydrogen) atoms. The highest BCUT2D eigenvalue weighted by molar-refractivity contribution is 6.19. The lowest BCUT2D eigenvalue weighted by atomic mass is 10.0. The van der Waals surface area contributed by atoms with E-state index in [1.54, 1.807) is 0 Å². The summed E-state index contributed by atoms with van der Waals surface area (Å²) < 4.78 is 4.78. The molecule has 0 aliphatic rings. The van der Waals surface area contributed by atoms with Crippen LogP contribution < -0.4 is 0 Å². The molecule has 3 heterocycles. The lowest BCUT2D eigenvalue weighted by Gasteiger charge is -2.13. The summed E-state index contributed by atoms with van der Waals surface area (Å²) >= 11 is 0. The van der Waals surface area contributed by atoms with Crippen molar-refractivity contribution < 1.29 is 0 Å². The number of aromatic nitrogens is 4. The van der Waals surface area contributed by atoms with E-state index in [2.05, 4.69) is 209 Å². The molecule has 0 saturated carbocycles. The van der Waals surface area contributed by atoms with Crippen LogP contribution >= 0.6 is 0 Å². The Kier molecular flexibility index (Phi) is 7.46. The second-order valence-electron chi connectivity index (χ2n) is 14.3. The summed E-state index contributed by atoms with van der Waals surface area (Å²) in [5.74, 6) is 0.681. The van der Waals surface area contributed by atoms with Gasteiger partial charge in [0.2, 0.25) is 0 Å². The summed E-state index contributed by atoms with van der Waals surface area (Å²) in [6.07, 6.45) is 0. The molecule has 11 rings (SSSR count). The summed E-state index contributed by atoms with van der Waals surface area (Å²) in [5.41, 5.74) is 14.0. The van der Waals surface area contributed by atoms with Gasteiger partial charge >= 0.3 is 0 Å². The van der Waals surface area contributed by atoms with E-state index in [-0.39, 0.29) is 0 Å². The molecule has 4 nitrogen and oxygen atoms in total. The lowest BCUT2D eigenvalue weighted by Crippen LogP contribution is -1.98. The highest BCUT2D eigenvalue weighted by Gasteiger charge is 2.19. The van der Waals surface area contributed by atoms with Crippen molar-refractivity contribution in [3.05, 3.63) is 206 Å². The van der Waals surface area contributed by atoms with Crippen molar-refractivity contribution in [2.75, 3.05) is 0 Å². The Balaban J connectivity index is 1.12. The monoisotopic (exact) mass is 714 g/mol. The Morgan fingerprint density at radius 2 is 0.750 bits per heavy atom. The summed E-state index contributed by atoms with van der Waals surface area (Å²) in [5, 5.41) is 4.92. The van der Waals surface area contributed by atoms with Gasteiger partial charge in [-0.2, -0.15) is 0 Å². The predicted molar refractivity (Wildman–Crippen MR) is 232 cm³/mol. The SMILES string of the molecule is c1ccc(-c2cccc(-c3cc(-c4ccccc4)nc(-c4cccc(-n5c6ccccc6c6cc7c8ccccc8n(-c8ccccc8)c7cc65)c4)n3)c2)cc1. The number of rotatable bonds is 6. The molecule has 0 amide bonds. The number of para-hydroxylation sites is 3. The second-order valence-corrected chi connectivity index (χ2v) is 14.3. The third-order valence-corrected chi connectivity index (χ3v) is 10.9. The molecule has 0 spiro atoms. The first kappa shape index (κ1) is 31.9. The van der Waals surface area contributed by atoms with Crippen molar-refractivity contribution in [2.24, 2.45) is 0 Å². The predicted octanol–water partition coefficient (Wildman–Crippen LogP) is 13.3. The van der Waals surface area contributed by atoms with Crippen molar-refractivity contribution in [2.45, 2.75) is 0 Å². The van der Waals surface area contributed by atoms with Gasteiger partial charge in [0.25, 0.3) is 0 Å². The number of hydrogen-bond donors (Lipinski definition) is 0. The van der Waals surface area contributed by atoms with E-state index in [4.69, 9.17) is 9.97 Å². The van der Waals surface area contributed by atoms with Gasteiger partial charge in [-0.15, -0.1) is 0 Å². The van der Waals surface area contributed by atoms with E-state index in [9.17, 15) is 0 Å². The molecule has 0 aliphatic heterocycles. The van der Waals surface area contributed by atoms with Gasteiger partial charge in [-0.3, -0.25) is 0 Å². The van der Waals surface area contributed by atoms with E-state index >= 15 is 0 Å². The number of nitrogens with zero attached hydrogens (tertiary/aromatic N) is 4. The second kappa shape index (κ2) is 13.1. The zero-order valence-corrected chi connectivity index (χ0v) is 30.4. The molecule has 0 aliphatic carbocycles. The van der Waals surface area contributed by atoms with Gasteiger partial charge in [-0.25, -0.2) is 9.97 Å². The summed E-state index contributed by atoms with van der Waals surface area (Å²) in [7, 11) is 0. The van der Waals surface area contributed by atoms with Crippen LogP contribution in [0, 0.1) is 0 Å².